The van der Waals surface area contributed by atoms with Crippen LogP contribution in [0.1, 0.15) is 15.9 Å². The number of nitrogens with one attached hydrogen (secondary N) is 1. The Kier molecular flexibility index (Phi) is 4.91. The van der Waals surface area contributed by atoms with Gasteiger partial charge in [-0.15, -0.1) is 0 Å². The van der Waals surface area contributed by atoms with E-state index in [0.717, 1.165) is 31.7 Å². The number of nitrogens with zero attached hydrogens (tertiary/aromatic N) is 1. The zero-order valence-corrected chi connectivity index (χ0v) is 17.1. The van der Waals surface area contributed by atoms with Crippen molar-refractivity contribution in [1.82, 2.24) is 0 Å². The summed E-state index contributed by atoms with van der Waals surface area (Å²) < 4.78 is 5.86. The molecule has 4 nitrogen and oxygen atoms in total. The third-order valence-corrected chi connectivity index (χ3v) is 6.15. The molecule has 1 N–H and O–H groups in total. The predicted octanol–water partition coefficient (Wildman–Crippen LogP) is 6.86. The molecule has 0 aliphatic heterocycles. The molecule has 0 aliphatic carbocycles. The van der Waals surface area contributed by atoms with Crippen LogP contribution in [0.4, 0.5) is 5.69 Å². The van der Waals surface area contributed by atoms with Crippen LogP contribution in [0.2, 0.25) is 0 Å². The van der Waals surface area contributed by atoms with E-state index in [-0.39, 0.29) is 5.91 Å². The van der Waals surface area contributed by atoms with Gasteiger partial charge in [-0.2, -0.15) is 5.26 Å². The molecular weight excluding hydrogens is 404 g/mol. The van der Waals surface area contributed by atoms with Crippen molar-refractivity contribution in [1.29, 1.82) is 5.26 Å². The van der Waals surface area contributed by atoms with Gasteiger partial charge in [0.1, 0.15) is 17.2 Å². The molecule has 1 heterocycles. The lowest BCUT2D eigenvalue weighted by molar-refractivity contribution is 0.102. The highest BCUT2D eigenvalue weighted by atomic mass is 32.2. The van der Waals surface area contributed by atoms with Gasteiger partial charge in [0, 0.05) is 26.3 Å². The van der Waals surface area contributed by atoms with Crippen molar-refractivity contribution < 1.29 is 9.21 Å². The summed E-state index contributed by atoms with van der Waals surface area (Å²) in [6.07, 6.45) is 0. The highest BCUT2D eigenvalue weighted by molar-refractivity contribution is 7.99. The van der Waals surface area contributed by atoms with Crippen LogP contribution in [-0.2, 0) is 0 Å². The van der Waals surface area contributed by atoms with E-state index in [1.807, 2.05) is 78.9 Å². The summed E-state index contributed by atoms with van der Waals surface area (Å²) in [5, 5.41) is 14.3. The molecule has 0 saturated carbocycles. The fourth-order valence-electron chi connectivity index (χ4n) is 3.51. The SMILES string of the molecule is N#Cc1ccccc1Sc1ccccc1C(=O)Nc1ccc2oc3ccccc3c2c1. The van der Waals surface area contributed by atoms with Crippen LogP contribution in [0.5, 0.6) is 0 Å². The van der Waals surface area contributed by atoms with Crippen LogP contribution in [0.25, 0.3) is 21.9 Å². The Hall–Kier alpha value is -4.01. The Bertz CT molecular complexity index is 1480. The minimum atomic E-state index is -0.204. The lowest BCUT2D eigenvalue weighted by Crippen LogP contribution is -2.12. The van der Waals surface area contributed by atoms with Crippen molar-refractivity contribution in [3.63, 3.8) is 0 Å². The smallest absolute Gasteiger partial charge is 0.256 e. The number of anilines is 1. The molecule has 5 heteroatoms. The average Bonchev–Trinajstić information content (AvgIpc) is 3.18. The van der Waals surface area contributed by atoms with Crippen LogP contribution in [0, 0.1) is 11.3 Å². The largest absolute Gasteiger partial charge is 0.456 e. The Labute approximate surface area is 183 Å². The van der Waals surface area contributed by atoms with Gasteiger partial charge < -0.3 is 9.73 Å². The second-order valence-corrected chi connectivity index (χ2v) is 8.05. The summed E-state index contributed by atoms with van der Waals surface area (Å²) in [5.74, 6) is -0.204. The first-order valence-corrected chi connectivity index (χ1v) is 10.5. The van der Waals surface area contributed by atoms with Gasteiger partial charge >= 0.3 is 0 Å². The molecular formula is C26H16N2O2S. The van der Waals surface area contributed by atoms with Crippen molar-refractivity contribution >= 4 is 45.3 Å². The minimum Gasteiger partial charge on any atom is -0.456 e. The fourth-order valence-corrected chi connectivity index (χ4v) is 4.54. The van der Waals surface area contributed by atoms with Gasteiger partial charge in [-0.3, -0.25) is 4.79 Å². The Morgan fingerprint density at radius 1 is 0.806 bits per heavy atom. The zero-order chi connectivity index (χ0) is 21.2. The highest BCUT2D eigenvalue weighted by Crippen LogP contribution is 2.34. The molecule has 31 heavy (non-hydrogen) atoms. The van der Waals surface area contributed by atoms with Crippen molar-refractivity contribution in [3.8, 4) is 6.07 Å². The molecule has 0 atom stereocenters. The van der Waals surface area contributed by atoms with Crippen LogP contribution in [-0.4, -0.2) is 5.91 Å². The van der Waals surface area contributed by atoms with Gasteiger partial charge in [-0.05, 0) is 48.5 Å². The quantitative estimate of drug-likeness (QED) is 0.345. The van der Waals surface area contributed by atoms with Crippen LogP contribution in [0.3, 0.4) is 0 Å². The summed E-state index contributed by atoms with van der Waals surface area (Å²) in [6, 6.07) is 30.5. The van der Waals surface area contributed by atoms with E-state index in [2.05, 4.69) is 11.4 Å². The standard InChI is InChI=1S/C26H16N2O2S/c27-16-17-7-1-5-11-24(17)31-25-12-6-3-9-20(25)26(29)28-18-13-14-23-21(15-18)19-8-2-4-10-22(19)30-23/h1-15H,(H,28,29). The molecule has 0 spiro atoms. The molecule has 1 aromatic heterocycles. The third kappa shape index (κ3) is 3.65. The van der Waals surface area contributed by atoms with E-state index in [1.165, 1.54) is 11.8 Å². The molecule has 0 aliphatic rings. The maximum atomic E-state index is 13.1. The zero-order valence-electron chi connectivity index (χ0n) is 16.3. The topological polar surface area (TPSA) is 66.0 Å². The van der Waals surface area contributed by atoms with Crippen molar-refractivity contribution in [2.45, 2.75) is 9.79 Å². The van der Waals surface area contributed by atoms with Gasteiger partial charge in [0.25, 0.3) is 5.91 Å². The maximum Gasteiger partial charge on any atom is 0.256 e. The van der Waals surface area contributed by atoms with Gasteiger partial charge in [-0.25, -0.2) is 0 Å². The van der Waals surface area contributed by atoms with Gasteiger partial charge in [0.15, 0.2) is 0 Å². The summed E-state index contributed by atoms with van der Waals surface area (Å²) in [7, 11) is 0. The van der Waals surface area contributed by atoms with Crippen LogP contribution in [0.15, 0.2) is 105 Å². The molecule has 0 fully saturated rings. The molecule has 5 rings (SSSR count). The van der Waals surface area contributed by atoms with Gasteiger partial charge in [-0.1, -0.05) is 54.2 Å². The molecule has 0 saturated heterocycles. The minimum absolute atomic E-state index is 0.204. The molecule has 148 valence electrons. The van der Waals surface area contributed by atoms with E-state index in [0.29, 0.717) is 16.8 Å². The van der Waals surface area contributed by atoms with Crippen LogP contribution < -0.4 is 5.32 Å². The Morgan fingerprint density at radius 2 is 1.52 bits per heavy atom. The third-order valence-electron chi connectivity index (χ3n) is 4.99. The molecule has 0 unspecified atom stereocenters. The second-order valence-electron chi connectivity index (χ2n) is 6.97. The predicted molar refractivity (Wildman–Crippen MR) is 123 cm³/mol. The summed E-state index contributed by atoms with van der Waals surface area (Å²) >= 11 is 1.41. The van der Waals surface area contributed by atoms with E-state index in [4.69, 9.17) is 4.42 Å². The lowest BCUT2D eigenvalue weighted by atomic mass is 10.1. The van der Waals surface area contributed by atoms with E-state index in [9.17, 15) is 10.1 Å². The summed E-state index contributed by atoms with van der Waals surface area (Å²) in [5.41, 5.74) is 3.43. The average molecular weight is 420 g/mol. The summed E-state index contributed by atoms with van der Waals surface area (Å²) in [6.45, 7) is 0. The van der Waals surface area contributed by atoms with Gasteiger partial charge in [0.05, 0.1) is 11.1 Å². The number of nitriles is 1. The number of rotatable bonds is 4. The molecule has 1 amide bonds. The first-order chi connectivity index (χ1) is 15.2. The van der Waals surface area contributed by atoms with Crippen molar-refractivity contribution in [2.75, 3.05) is 5.32 Å². The highest BCUT2D eigenvalue weighted by Gasteiger charge is 2.15. The number of fused-ring (bicyclic) bond motifs is 3. The fraction of sp³-hybridized carbons (Fsp3) is 0. The second kappa shape index (κ2) is 8.02. The monoisotopic (exact) mass is 420 g/mol. The number of benzene rings is 4. The van der Waals surface area contributed by atoms with Crippen molar-refractivity contribution in [3.05, 3.63) is 102 Å². The first kappa shape index (κ1) is 19.0. The Balaban J connectivity index is 1.46. The molecule has 0 bridgehead atoms. The molecule has 5 aromatic rings. The summed E-state index contributed by atoms with van der Waals surface area (Å²) in [4.78, 5) is 14.7. The number of hydrogen-bond acceptors (Lipinski definition) is 4. The van der Waals surface area contributed by atoms with Crippen LogP contribution >= 0.6 is 11.8 Å². The van der Waals surface area contributed by atoms with E-state index >= 15 is 0 Å². The Morgan fingerprint density at radius 3 is 2.39 bits per heavy atom. The van der Waals surface area contributed by atoms with E-state index < -0.39 is 0 Å². The molecule has 0 radical (unpaired) electrons. The number of carbonyl (C=O) groups is 1. The number of furan rings is 1. The number of para-hydroxylation sites is 1. The van der Waals surface area contributed by atoms with Gasteiger partial charge in [0.2, 0.25) is 0 Å². The maximum absolute atomic E-state index is 13.1. The first-order valence-electron chi connectivity index (χ1n) is 9.71. The number of amides is 1. The number of carbonyl (C=O) groups excluding carboxylic acids is 1. The number of hydrogen-bond donors (Lipinski definition) is 1. The lowest BCUT2D eigenvalue weighted by Gasteiger charge is -2.11. The van der Waals surface area contributed by atoms with Crippen molar-refractivity contribution in [2.24, 2.45) is 0 Å². The van der Waals surface area contributed by atoms with E-state index in [1.54, 1.807) is 12.1 Å². The molecule has 4 aromatic carbocycles. The normalized spacial score (nSPS) is 10.8.